The van der Waals surface area contributed by atoms with Crippen molar-refractivity contribution in [1.82, 2.24) is 9.97 Å². The zero-order valence-electron chi connectivity index (χ0n) is 13.8. The number of nitrogens with zero attached hydrogens (tertiary/aromatic N) is 1. The van der Waals surface area contributed by atoms with E-state index in [1.54, 1.807) is 36.4 Å². The van der Waals surface area contributed by atoms with Crippen LogP contribution in [0.25, 0.3) is 11.4 Å². The molecule has 0 aliphatic carbocycles. The van der Waals surface area contributed by atoms with Gasteiger partial charge in [-0.3, -0.25) is 4.79 Å². The lowest BCUT2D eigenvalue weighted by molar-refractivity contribution is 0.363. The highest BCUT2D eigenvalue weighted by atomic mass is 19.1. The summed E-state index contributed by atoms with van der Waals surface area (Å²) in [6.45, 7) is 4.02. The second-order valence-electron chi connectivity index (χ2n) is 5.85. The smallest absolute Gasteiger partial charge is 0.258 e. The quantitative estimate of drug-likeness (QED) is 0.568. The Kier molecular flexibility index (Phi) is 4.01. The van der Waals surface area contributed by atoms with Crippen LogP contribution in [0.5, 0.6) is 17.4 Å². The topological polar surface area (TPSA) is 64.2 Å². The second-order valence-corrected chi connectivity index (χ2v) is 5.85. The molecule has 0 radical (unpaired) electrons. The predicted molar refractivity (Wildman–Crippen MR) is 95.3 cm³/mol. The fraction of sp³-hybridized carbons (Fsp3) is 0.100. The van der Waals surface area contributed by atoms with Crippen LogP contribution in [0.2, 0.25) is 0 Å². The molecule has 0 saturated carbocycles. The van der Waals surface area contributed by atoms with Gasteiger partial charge in [0.05, 0.1) is 5.56 Å². The highest BCUT2D eigenvalue weighted by molar-refractivity contribution is 5.58. The minimum absolute atomic E-state index is 0.245. The summed E-state index contributed by atoms with van der Waals surface area (Å²) in [5, 5.41) is 0. The van der Waals surface area contributed by atoms with Crippen molar-refractivity contribution in [2.24, 2.45) is 0 Å². The average Bonchev–Trinajstić information content (AvgIpc) is 2.65. The van der Waals surface area contributed by atoms with Gasteiger partial charge in [0.25, 0.3) is 5.56 Å². The summed E-state index contributed by atoms with van der Waals surface area (Å²) in [6.07, 6.45) is 1.94. The summed E-state index contributed by atoms with van der Waals surface area (Å²) >= 11 is 0. The van der Waals surface area contributed by atoms with E-state index in [4.69, 9.17) is 9.47 Å². The van der Waals surface area contributed by atoms with Crippen molar-refractivity contribution in [3.8, 4) is 28.8 Å². The number of nitrogens with one attached hydrogen (secondary N) is 1. The molecule has 3 aromatic rings. The molecule has 0 saturated heterocycles. The Hall–Kier alpha value is -3.41. The van der Waals surface area contributed by atoms with Gasteiger partial charge >= 0.3 is 0 Å². The van der Waals surface area contributed by atoms with Crippen LogP contribution < -0.4 is 15.0 Å². The molecule has 1 aromatic heterocycles. The summed E-state index contributed by atoms with van der Waals surface area (Å²) in [5.74, 6) is 1.48. The molecule has 1 aliphatic heterocycles. The number of aromatic amines is 1. The molecule has 0 spiro atoms. The normalized spacial score (nSPS) is 11.9. The number of rotatable bonds is 4. The van der Waals surface area contributed by atoms with Crippen LogP contribution in [0.4, 0.5) is 4.39 Å². The number of benzene rings is 2. The number of ether oxygens (including phenoxy) is 2. The maximum absolute atomic E-state index is 13.4. The van der Waals surface area contributed by atoms with Gasteiger partial charge in [0.1, 0.15) is 29.7 Å². The van der Waals surface area contributed by atoms with Crippen LogP contribution in [-0.4, -0.2) is 16.6 Å². The molecule has 1 N–H and O–H groups in total. The number of aromatic nitrogens is 2. The van der Waals surface area contributed by atoms with Crippen LogP contribution in [0.15, 0.2) is 59.9 Å². The minimum atomic E-state index is -0.365. The van der Waals surface area contributed by atoms with E-state index in [1.165, 1.54) is 12.1 Å². The molecule has 5 nitrogen and oxygen atoms in total. The van der Waals surface area contributed by atoms with Crippen LogP contribution in [0.1, 0.15) is 11.1 Å². The second kappa shape index (κ2) is 6.48. The van der Waals surface area contributed by atoms with Crippen molar-refractivity contribution in [2.45, 2.75) is 6.42 Å². The summed E-state index contributed by atoms with van der Waals surface area (Å²) < 4.78 is 24.6. The number of H-pyrrole nitrogens is 1. The van der Waals surface area contributed by atoms with Crippen LogP contribution >= 0.6 is 0 Å². The van der Waals surface area contributed by atoms with Gasteiger partial charge in [-0.15, -0.1) is 0 Å². The number of fused-ring (bicyclic) bond motifs is 2. The SMILES string of the molecule is C=CCOc1ccc(-c2nc3c(c(=O)[nH]2)Cc2cc(F)ccc2O3)cc1. The Morgan fingerprint density at radius 2 is 2.08 bits per heavy atom. The van der Waals surface area contributed by atoms with E-state index in [1.807, 2.05) is 0 Å². The van der Waals surface area contributed by atoms with Gasteiger partial charge in [0, 0.05) is 17.5 Å². The molecule has 0 bridgehead atoms. The van der Waals surface area contributed by atoms with E-state index in [2.05, 4.69) is 16.5 Å². The zero-order valence-corrected chi connectivity index (χ0v) is 13.8. The number of hydrogen-bond donors (Lipinski definition) is 1. The van der Waals surface area contributed by atoms with Crippen molar-refractivity contribution >= 4 is 0 Å². The molecule has 6 heteroatoms. The molecule has 2 heterocycles. The van der Waals surface area contributed by atoms with Crippen molar-refractivity contribution in [3.63, 3.8) is 0 Å². The molecule has 0 atom stereocenters. The first-order chi connectivity index (χ1) is 12.6. The van der Waals surface area contributed by atoms with Gasteiger partial charge in [-0.1, -0.05) is 12.7 Å². The van der Waals surface area contributed by atoms with Gasteiger partial charge in [0.15, 0.2) is 0 Å². The van der Waals surface area contributed by atoms with Crippen molar-refractivity contribution in [1.29, 1.82) is 0 Å². The average molecular weight is 350 g/mol. The molecule has 0 fully saturated rings. The zero-order chi connectivity index (χ0) is 18.1. The monoisotopic (exact) mass is 350 g/mol. The number of hydrogen-bond acceptors (Lipinski definition) is 4. The molecule has 1 aliphatic rings. The standard InChI is InChI=1S/C20H15FN2O3/c1-2-9-25-15-6-3-12(4-7-15)18-22-19(24)16-11-13-10-14(21)5-8-17(13)26-20(16)23-18/h2-8,10H,1,9,11H2,(H,22,23,24). The third-order valence-corrected chi connectivity index (χ3v) is 4.07. The molecule has 2 aromatic carbocycles. The van der Waals surface area contributed by atoms with Gasteiger partial charge < -0.3 is 14.5 Å². The Morgan fingerprint density at radius 1 is 1.27 bits per heavy atom. The van der Waals surface area contributed by atoms with Crippen LogP contribution in [0, 0.1) is 5.82 Å². The predicted octanol–water partition coefficient (Wildman–Crippen LogP) is 3.84. The van der Waals surface area contributed by atoms with E-state index >= 15 is 0 Å². The molecule has 0 amide bonds. The summed E-state index contributed by atoms with van der Waals surface area (Å²) in [5.41, 5.74) is 1.44. The molecule has 130 valence electrons. The first-order valence-corrected chi connectivity index (χ1v) is 8.07. The molecule has 4 rings (SSSR count). The molecular formula is C20H15FN2O3. The first kappa shape index (κ1) is 16.1. The van der Waals surface area contributed by atoms with Gasteiger partial charge in [-0.25, -0.2) is 4.39 Å². The molecular weight excluding hydrogens is 335 g/mol. The summed E-state index contributed by atoms with van der Waals surface area (Å²) in [6, 6.07) is 11.4. The van der Waals surface area contributed by atoms with Gasteiger partial charge in [0.2, 0.25) is 5.88 Å². The van der Waals surface area contributed by atoms with Crippen LogP contribution in [0.3, 0.4) is 0 Å². The number of halogens is 1. The van der Waals surface area contributed by atoms with Crippen molar-refractivity contribution < 1.29 is 13.9 Å². The van der Waals surface area contributed by atoms with Gasteiger partial charge in [-0.2, -0.15) is 4.98 Å². The van der Waals surface area contributed by atoms with Gasteiger partial charge in [-0.05, 0) is 42.5 Å². The fourth-order valence-corrected chi connectivity index (χ4v) is 2.80. The third kappa shape index (κ3) is 2.97. The Labute approximate surface area is 148 Å². The van der Waals surface area contributed by atoms with Crippen LogP contribution in [-0.2, 0) is 6.42 Å². The summed E-state index contributed by atoms with van der Waals surface area (Å²) in [7, 11) is 0. The van der Waals surface area contributed by atoms with E-state index in [-0.39, 0.29) is 23.7 Å². The molecule has 0 unspecified atom stereocenters. The third-order valence-electron chi connectivity index (χ3n) is 4.07. The minimum Gasteiger partial charge on any atom is -0.490 e. The maximum atomic E-state index is 13.4. The first-order valence-electron chi connectivity index (χ1n) is 8.07. The highest BCUT2D eigenvalue weighted by Gasteiger charge is 2.22. The summed E-state index contributed by atoms with van der Waals surface area (Å²) in [4.78, 5) is 19.6. The lowest BCUT2D eigenvalue weighted by atomic mass is 10.0. The Bertz CT molecular complexity index is 1040. The lowest BCUT2D eigenvalue weighted by Crippen LogP contribution is -2.20. The molecule has 26 heavy (non-hydrogen) atoms. The van der Waals surface area contributed by atoms with E-state index in [9.17, 15) is 9.18 Å². The Balaban J connectivity index is 1.68. The van der Waals surface area contributed by atoms with E-state index in [0.717, 1.165) is 5.56 Å². The van der Waals surface area contributed by atoms with E-state index in [0.29, 0.717) is 35.1 Å². The largest absolute Gasteiger partial charge is 0.490 e. The van der Waals surface area contributed by atoms with Crippen molar-refractivity contribution in [3.05, 3.63) is 82.4 Å². The highest BCUT2D eigenvalue weighted by Crippen LogP contribution is 2.34. The van der Waals surface area contributed by atoms with E-state index < -0.39 is 0 Å². The fourth-order valence-electron chi connectivity index (χ4n) is 2.80. The lowest BCUT2D eigenvalue weighted by Gasteiger charge is -2.19. The Morgan fingerprint density at radius 3 is 2.85 bits per heavy atom. The maximum Gasteiger partial charge on any atom is 0.258 e. The van der Waals surface area contributed by atoms with Crippen molar-refractivity contribution in [2.75, 3.05) is 6.61 Å².